The molecular weight excluding hydrogens is 150 g/mol. The highest BCUT2D eigenvalue weighted by Gasteiger charge is 2.16. The molecule has 1 N–H and O–H groups in total. The third kappa shape index (κ3) is 4.22. The van der Waals surface area contributed by atoms with Crippen molar-refractivity contribution in [2.24, 2.45) is 0 Å². The van der Waals surface area contributed by atoms with Gasteiger partial charge in [0.1, 0.15) is 0 Å². The quantitative estimate of drug-likeness (QED) is 0.381. The Morgan fingerprint density at radius 2 is 2.50 bits per heavy atom. The molecule has 0 radical (unpaired) electrons. The number of rotatable bonds is 3. The molecule has 46 valence electrons. The van der Waals surface area contributed by atoms with Crippen molar-refractivity contribution in [3.05, 3.63) is 12.7 Å². The van der Waals surface area contributed by atoms with Gasteiger partial charge < -0.3 is 0 Å². The fraction of sp³-hybridized carbons (Fsp3) is 0.333. The lowest BCUT2D eigenvalue weighted by Gasteiger charge is -1.86. The van der Waals surface area contributed by atoms with Gasteiger partial charge in [0.25, 0.3) is 0 Å². The fourth-order valence-electron chi connectivity index (χ4n) is 0.129. The highest BCUT2D eigenvalue weighted by molar-refractivity contribution is 7.32. The van der Waals surface area contributed by atoms with Crippen LogP contribution in [0.5, 0.6) is 0 Å². The van der Waals surface area contributed by atoms with Crippen LogP contribution in [0, 0.1) is 0 Å². The molecule has 0 bridgehead atoms. The van der Waals surface area contributed by atoms with Gasteiger partial charge >= 0.3 is 8.25 Å². The summed E-state index contributed by atoms with van der Waals surface area (Å²) < 4.78 is 13.9. The molecule has 0 aromatic carbocycles. The lowest BCUT2D eigenvalue weighted by molar-refractivity contribution is 0.287. The van der Waals surface area contributed by atoms with Gasteiger partial charge in [0.2, 0.25) is 5.56 Å². The third-order valence-corrected chi connectivity index (χ3v) is 1.18. The molecule has 8 heavy (non-hydrogen) atoms. The summed E-state index contributed by atoms with van der Waals surface area (Å²) in [5, 5.41) is 0. The van der Waals surface area contributed by atoms with Crippen LogP contribution in [0.15, 0.2) is 12.7 Å². The van der Waals surface area contributed by atoms with Crippen LogP contribution in [-0.4, -0.2) is 10.5 Å². The SMILES string of the molecule is C=CC(Cl)O[P+](=O)O. The van der Waals surface area contributed by atoms with E-state index in [1.165, 1.54) is 6.08 Å². The van der Waals surface area contributed by atoms with Gasteiger partial charge in [-0.15, -0.1) is 4.89 Å². The topological polar surface area (TPSA) is 46.5 Å². The molecule has 2 atom stereocenters. The summed E-state index contributed by atoms with van der Waals surface area (Å²) in [4.78, 5) is 8.01. The average molecular weight is 155 g/mol. The first-order valence-electron chi connectivity index (χ1n) is 1.76. The predicted octanol–water partition coefficient (Wildman–Crippen LogP) is 1.40. The summed E-state index contributed by atoms with van der Waals surface area (Å²) in [6.45, 7) is 3.22. The smallest absolute Gasteiger partial charge is 0.133 e. The van der Waals surface area contributed by atoms with Crippen LogP contribution in [-0.2, 0) is 9.09 Å². The van der Waals surface area contributed by atoms with E-state index in [1.54, 1.807) is 0 Å². The zero-order valence-corrected chi connectivity index (χ0v) is 5.60. The van der Waals surface area contributed by atoms with E-state index < -0.39 is 13.8 Å². The van der Waals surface area contributed by atoms with Crippen LogP contribution < -0.4 is 0 Å². The van der Waals surface area contributed by atoms with Gasteiger partial charge in [-0.2, -0.15) is 0 Å². The summed E-state index contributed by atoms with van der Waals surface area (Å²) in [6, 6.07) is 0. The Labute approximate surface area is 52.9 Å². The molecule has 0 aliphatic heterocycles. The van der Waals surface area contributed by atoms with Gasteiger partial charge in [0.15, 0.2) is 0 Å². The second-order valence-electron chi connectivity index (χ2n) is 0.930. The Bertz CT molecular complexity index is 105. The van der Waals surface area contributed by atoms with Crippen molar-refractivity contribution in [2.75, 3.05) is 0 Å². The standard InChI is InChI=1S/C3H4ClO3P/c1-2-3(4)7-8(5)6/h2-3H,1H2/p+1. The molecule has 3 nitrogen and oxygen atoms in total. The van der Waals surface area contributed by atoms with Crippen molar-refractivity contribution in [1.82, 2.24) is 0 Å². The predicted molar refractivity (Wildman–Crippen MR) is 30.7 cm³/mol. The summed E-state index contributed by atoms with van der Waals surface area (Å²) in [6.07, 6.45) is 1.21. The maximum atomic E-state index is 9.76. The molecule has 0 saturated heterocycles. The first kappa shape index (κ1) is 8.05. The molecule has 0 spiro atoms. The van der Waals surface area contributed by atoms with E-state index >= 15 is 0 Å². The Morgan fingerprint density at radius 3 is 2.62 bits per heavy atom. The fourth-order valence-corrected chi connectivity index (χ4v) is 0.592. The molecule has 0 aliphatic rings. The van der Waals surface area contributed by atoms with Crippen LogP contribution in [0.4, 0.5) is 0 Å². The van der Waals surface area contributed by atoms with Crippen molar-refractivity contribution in [1.29, 1.82) is 0 Å². The normalized spacial score (nSPS) is 15.0. The second-order valence-corrected chi connectivity index (χ2v) is 2.05. The van der Waals surface area contributed by atoms with E-state index in [2.05, 4.69) is 11.1 Å². The maximum absolute atomic E-state index is 9.76. The van der Waals surface area contributed by atoms with E-state index in [0.717, 1.165) is 0 Å². The van der Waals surface area contributed by atoms with E-state index in [-0.39, 0.29) is 0 Å². The lowest BCUT2D eigenvalue weighted by Crippen LogP contribution is -1.91. The molecule has 0 aromatic heterocycles. The van der Waals surface area contributed by atoms with Gasteiger partial charge in [-0.25, -0.2) is 0 Å². The monoisotopic (exact) mass is 155 g/mol. The van der Waals surface area contributed by atoms with Gasteiger partial charge in [0, 0.05) is 4.57 Å². The molecule has 0 aliphatic carbocycles. The zero-order valence-electron chi connectivity index (χ0n) is 3.95. The van der Waals surface area contributed by atoms with Crippen LogP contribution in [0.1, 0.15) is 0 Å². The summed E-state index contributed by atoms with van der Waals surface area (Å²) in [5.41, 5.74) is -0.872. The first-order valence-corrected chi connectivity index (χ1v) is 3.33. The summed E-state index contributed by atoms with van der Waals surface area (Å²) in [5.74, 6) is 0. The van der Waals surface area contributed by atoms with Gasteiger partial charge in [-0.3, -0.25) is 0 Å². The first-order chi connectivity index (χ1) is 3.66. The van der Waals surface area contributed by atoms with Crippen LogP contribution in [0.2, 0.25) is 0 Å². The summed E-state index contributed by atoms with van der Waals surface area (Å²) >= 11 is 5.18. The third-order valence-electron chi connectivity index (χ3n) is 0.376. The Morgan fingerprint density at radius 1 is 2.00 bits per heavy atom. The summed E-state index contributed by atoms with van der Waals surface area (Å²) in [7, 11) is -2.60. The zero-order chi connectivity index (χ0) is 6.57. The number of hydrogen-bond acceptors (Lipinski definition) is 2. The minimum Gasteiger partial charge on any atom is -0.133 e. The maximum Gasteiger partial charge on any atom is 0.696 e. The molecule has 0 amide bonds. The van der Waals surface area contributed by atoms with Crippen LogP contribution in [0.3, 0.4) is 0 Å². The highest BCUT2D eigenvalue weighted by atomic mass is 35.5. The molecule has 0 heterocycles. The second kappa shape index (κ2) is 3.98. The Kier molecular flexibility index (Phi) is 4.01. The minimum atomic E-state index is -2.60. The average Bonchev–Trinajstić information content (AvgIpc) is 1.65. The number of halogens is 1. The number of alkyl halides is 1. The minimum absolute atomic E-state index is 0.872. The van der Waals surface area contributed by atoms with Crippen molar-refractivity contribution in [3.8, 4) is 0 Å². The van der Waals surface area contributed by atoms with Gasteiger partial charge in [-0.05, 0) is 6.08 Å². The van der Waals surface area contributed by atoms with Crippen LogP contribution >= 0.6 is 19.9 Å². The Balaban J connectivity index is 3.38. The molecule has 0 fully saturated rings. The lowest BCUT2D eigenvalue weighted by atomic mass is 10.7. The van der Waals surface area contributed by atoms with Crippen molar-refractivity contribution < 1.29 is 14.0 Å². The van der Waals surface area contributed by atoms with Gasteiger partial charge in [0.05, 0.1) is 0 Å². The van der Waals surface area contributed by atoms with E-state index in [9.17, 15) is 4.57 Å². The van der Waals surface area contributed by atoms with E-state index in [1.807, 2.05) is 0 Å². The molecule has 0 aromatic rings. The van der Waals surface area contributed by atoms with Crippen molar-refractivity contribution >= 4 is 19.9 Å². The molecule has 2 unspecified atom stereocenters. The largest absolute Gasteiger partial charge is 0.696 e. The van der Waals surface area contributed by atoms with E-state index in [0.29, 0.717) is 0 Å². The van der Waals surface area contributed by atoms with Gasteiger partial charge in [-0.1, -0.05) is 22.7 Å². The molecule has 5 heteroatoms. The number of hydrogen-bond donors (Lipinski definition) is 1. The highest BCUT2D eigenvalue weighted by Crippen LogP contribution is 2.19. The van der Waals surface area contributed by atoms with Crippen molar-refractivity contribution in [3.63, 3.8) is 0 Å². The molecule has 0 saturated carbocycles. The molecular formula is C3H5ClO3P+. The van der Waals surface area contributed by atoms with Crippen LogP contribution in [0.25, 0.3) is 0 Å². The van der Waals surface area contributed by atoms with E-state index in [4.69, 9.17) is 16.5 Å². The molecule has 0 rings (SSSR count). The van der Waals surface area contributed by atoms with Crippen molar-refractivity contribution in [2.45, 2.75) is 5.56 Å². The Hall–Kier alpha value is 0.0500.